The number of rotatable bonds is 6. The van der Waals surface area contributed by atoms with E-state index in [2.05, 4.69) is 26.6 Å². The van der Waals surface area contributed by atoms with E-state index in [0.29, 0.717) is 17.1 Å². The molecule has 12 nitrogen and oxygen atoms in total. The highest BCUT2D eigenvalue weighted by Gasteiger charge is 2.48. The molecule has 0 aliphatic carbocycles. The quantitative estimate of drug-likeness (QED) is 0.315. The number of benzene rings is 2. The number of carbonyl (C=O) groups is 3. The Bertz CT molecular complexity index is 1070. The van der Waals surface area contributed by atoms with E-state index in [-0.39, 0.29) is 18.0 Å². The van der Waals surface area contributed by atoms with Crippen molar-refractivity contribution in [2.45, 2.75) is 18.9 Å². The fraction of sp³-hybridized carbons (Fsp3) is 0.286. The van der Waals surface area contributed by atoms with E-state index < -0.39 is 41.0 Å². The predicted molar refractivity (Wildman–Crippen MR) is 117 cm³/mol. The van der Waals surface area contributed by atoms with Crippen molar-refractivity contribution in [1.82, 2.24) is 16.0 Å². The van der Waals surface area contributed by atoms with Crippen molar-refractivity contribution in [3.63, 3.8) is 0 Å². The average Bonchev–Trinajstić information content (AvgIpc) is 2.79. The molecule has 2 heterocycles. The van der Waals surface area contributed by atoms with E-state index in [1.54, 1.807) is 31.4 Å². The fourth-order valence-electron chi connectivity index (χ4n) is 3.91. The zero-order valence-corrected chi connectivity index (χ0v) is 17.5. The molecule has 33 heavy (non-hydrogen) atoms. The fourth-order valence-corrected chi connectivity index (χ4v) is 3.91. The summed E-state index contributed by atoms with van der Waals surface area (Å²) in [5.74, 6) is -2.36. The predicted octanol–water partition coefficient (Wildman–Crippen LogP) is 0.735. The maximum absolute atomic E-state index is 12.9. The van der Waals surface area contributed by atoms with Gasteiger partial charge < -0.3 is 26.0 Å². The molecule has 0 radical (unpaired) electrons. The topological polar surface area (TPSA) is 164 Å². The molecule has 2 aromatic carbocycles. The van der Waals surface area contributed by atoms with Crippen LogP contribution in [0.15, 0.2) is 48.5 Å². The summed E-state index contributed by atoms with van der Waals surface area (Å²) in [5.41, 5.74) is 0.925. The Kier molecular flexibility index (Phi) is 6.09. The highest BCUT2D eigenvalue weighted by atomic mass is 16.6. The summed E-state index contributed by atoms with van der Waals surface area (Å²) >= 11 is 0. The maximum atomic E-state index is 12.9. The van der Waals surface area contributed by atoms with Gasteiger partial charge in [-0.05, 0) is 36.4 Å². The molecule has 12 heteroatoms. The van der Waals surface area contributed by atoms with E-state index >= 15 is 0 Å². The van der Waals surface area contributed by atoms with Gasteiger partial charge in [0.05, 0.1) is 30.0 Å². The smallest absolute Gasteiger partial charge is 0.269 e. The lowest BCUT2D eigenvalue weighted by molar-refractivity contribution is -0.384. The van der Waals surface area contributed by atoms with E-state index in [4.69, 9.17) is 4.74 Å². The molecule has 0 spiro atoms. The van der Waals surface area contributed by atoms with E-state index in [1.807, 2.05) is 0 Å². The van der Waals surface area contributed by atoms with Gasteiger partial charge in [-0.15, -0.1) is 0 Å². The summed E-state index contributed by atoms with van der Waals surface area (Å²) in [6.07, 6.45) is -1.60. The van der Waals surface area contributed by atoms with Crippen LogP contribution in [0.25, 0.3) is 0 Å². The van der Waals surface area contributed by atoms with Crippen LogP contribution in [0.2, 0.25) is 0 Å². The Balaban J connectivity index is 1.44. The molecule has 0 bridgehead atoms. The van der Waals surface area contributed by atoms with Crippen molar-refractivity contribution >= 4 is 34.8 Å². The van der Waals surface area contributed by atoms with Gasteiger partial charge in [0.1, 0.15) is 5.75 Å². The molecular formula is C21H22N6O6. The van der Waals surface area contributed by atoms with E-state index in [0.717, 1.165) is 0 Å². The van der Waals surface area contributed by atoms with Crippen molar-refractivity contribution in [1.29, 1.82) is 0 Å². The SMILES string of the molecule is COc1ccc(NC2NC(=O)C3C(NC(=O)CC3C(=O)Nc3ccc([N+](=O)[O-])cc3)N2)cc1. The van der Waals surface area contributed by atoms with Crippen LogP contribution >= 0.6 is 0 Å². The minimum absolute atomic E-state index is 0.114. The molecule has 2 aromatic rings. The zero-order valence-electron chi connectivity index (χ0n) is 17.5. The van der Waals surface area contributed by atoms with Gasteiger partial charge in [0.15, 0.2) is 6.29 Å². The summed E-state index contributed by atoms with van der Waals surface area (Å²) in [6, 6.07) is 12.4. The Morgan fingerprint density at radius 2 is 1.73 bits per heavy atom. The lowest BCUT2D eigenvalue weighted by Gasteiger charge is -2.43. The van der Waals surface area contributed by atoms with Gasteiger partial charge in [0.2, 0.25) is 17.7 Å². The second-order valence-corrected chi connectivity index (χ2v) is 7.66. The standard InChI is InChI=1S/C21H22N6O6/c1-33-14-8-4-12(5-9-14)23-21-25-18-17(20(30)26-21)15(10-16(28)24-18)19(29)22-11-2-6-13(7-3-11)27(31)32/h2-9,15,17-18,21,23,25H,10H2,1H3,(H,22,29)(H,24,28)(H,26,30). The molecule has 4 atom stereocenters. The lowest BCUT2D eigenvalue weighted by atomic mass is 9.81. The Hall–Kier alpha value is -4.19. The monoisotopic (exact) mass is 454 g/mol. The molecule has 0 aromatic heterocycles. The number of piperidine rings is 1. The molecular weight excluding hydrogens is 432 g/mol. The highest BCUT2D eigenvalue weighted by molar-refractivity contribution is 6.00. The summed E-state index contributed by atoms with van der Waals surface area (Å²) in [7, 11) is 1.56. The first-order valence-corrected chi connectivity index (χ1v) is 10.2. The molecule has 0 saturated carbocycles. The third-order valence-electron chi connectivity index (χ3n) is 5.53. The number of non-ortho nitro benzene ring substituents is 1. The number of hydrogen-bond acceptors (Lipinski definition) is 8. The van der Waals surface area contributed by atoms with Crippen LogP contribution in [0.5, 0.6) is 5.75 Å². The molecule has 2 aliphatic rings. The third kappa shape index (κ3) is 4.85. The second kappa shape index (κ2) is 9.12. The number of ether oxygens (including phenoxy) is 1. The van der Waals surface area contributed by atoms with Gasteiger partial charge in [0.25, 0.3) is 5.69 Å². The van der Waals surface area contributed by atoms with Gasteiger partial charge in [-0.3, -0.25) is 29.8 Å². The van der Waals surface area contributed by atoms with Gasteiger partial charge in [-0.25, -0.2) is 0 Å². The lowest BCUT2D eigenvalue weighted by Crippen LogP contribution is -2.72. The number of amides is 3. The first-order valence-electron chi connectivity index (χ1n) is 10.2. The number of methoxy groups -OCH3 is 1. The van der Waals surface area contributed by atoms with Gasteiger partial charge in [0, 0.05) is 29.9 Å². The van der Waals surface area contributed by atoms with Crippen molar-refractivity contribution < 1.29 is 24.0 Å². The van der Waals surface area contributed by atoms with Crippen LogP contribution in [0.1, 0.15) is 6.42 Å². The van der Waals surface area contributed by atoms with Crippen molar-refractivity contribution in [2.24, 2.45) is 11.8 Å². The number of carbonyl (C=O) groups excluding carboxylic acids is 3. The molecule has 5 N–H and O–H groups in total. The molecule has 2 fully saturated rings. The molecule has 4 rings (SSSR count). The summed E-state index contributed by atoms with van der Waals surface area (Å²) in [6.45, 7) is 0. The largest absolute Gasteiger partial charge is 0.497 e. The minimum atomic E-state index is -0.923. The van der Waals surface area contributed by atoms with Crippen LogP contribution < -0.4 is 31.3 Å². The number of nitro groups is 1. The summed E-state index contributed by atoms with van der Waals surface area (Å²) in [4.78, 5) is 48.3. The molecule has 2 saturated heterocycles. The Morgan fingerprint density at radius 1 is 1.06 bits per heavy atom. The Morgan fingerprint density at radius 3 is 2.36 bits per heavy atom. The van der Waals surface area contributed by atoms with Crippen LogP contribution in [-0.4, -0.2) is 42.2 Å². The molecule has 4 unspecified atom stereocenters. The average molecular weight is 454 g/mol. The van der Waals surface area contributed by atoms with Gasteiger partial charge >= 0.3 is 0 Å². The summed E-state index contributed by atoms with van der Waals surface area (Å²) < 4.78 is 5.12. The van der Waals surface area contributed by atoms with Crippen LogP contribution in [0.3, 0.4) is 0 Å². The first kappa shape index (κ1) is 22.0. The number of nitrogens with zero attached hydrogens (tertiary/aromatic N) is 1. The minimum Gasteiger partial charge on any atom is -0.497 e. The maximum Gasteiger partial charge on any atom is 0.269 e. The molecule has 172 valence electrons. The summed E-state index contributed by atoms with van der Waals surface area (Å²) in [5, 5.41) is 25.1. The number of fused-ring (bicyclic) bond motifs is 1. The normalized spacial score (nSPS) is 24.0. The number of hydrogen-bond donors (Lipinski definition) is 5. The third-order valence-corrected chi connectivity index (χ3v) is 5.53. The van der Waals surface area contributed by atoms with Gasteiger partial charge in [-0.1, -0.05) is 0 Å². The van der Waals surface area contributed by atoms with E-state index in [9.17, 15) is 24.5 Å². The molecule has 2 aliphatic heterocycles. The van der Waals surface area contributed by atoms with Crippen LogP contribution in [-0.2, 0) is 14.4 Å². The van der Waals surface area contributed by atoms with Crippen LogP contribution in [0, 0.1) is 22.0 Å². The number of anilines is 2. The van der Waals surface area contributed by atoms with Crippen molar-refractivity contribution in [2.75, 3.05) is 17.7 Å². The van der Waals surface area contributed by atoms with Crippen LogP contribution in [0.4, 0.5) is 17.1 Å². The first-order chi connectivity index (χ1) is 15.8. The number of nitrogens with one attached hydrogen (secondary N) is 5. The second-order valence-electron chi connectivity index (χ2n) is 7.66. The van der Waals surface area contributed by atoms with Gasteiger partial charge in [-0.2, -0.15) is 0 Å². The zero-order chi connectivity index (χ0) is 23.5. The molecule has 3 amide bonds. The number of nitro benzene ring substituents is 1. The highest BCUT2D eigenvalue weighted by Crippen LogP contribution is 2.28. The van der Waals surface area contributed by atoms with Crippen molar-refractivity contribution in [3.8, 4) is 5.75 Å². The Labute approximate surface area is 188 Å². The van der Waals surface area contributed by atoms with E-state index in [1.165, 1.54) is 24.3 Å². The van der Waals surface area contributed by atoms with Crippen molar-refractivity contribution in [3.05, 3.63) is 58.6 Å².